The molecule has 0 amide bonds. The molecule has 0 aromatic carbocycles. The van der Waals surface area contributed by atoms with Gasteiger partial charge in [-0.25, -0.2) is 15.0 Å². The van der Waals surface area contributed by atoms with Crippen LogP contribution in [0.5, 0.6) is 0 Å². The molecule has 0 bridgehead atoms. The Hall–Kier alpha value is -1.85. The molecule has 5 heterocycles. The Morgan fingerprint density at radius 1 is 1.27 bits per heavy atom. The molecule has 5 rings (SSSR count). The van der Waals surface area contributed by atoms with Crippen LogP contribution in [0.2, 0.25) is 0 Å². The summed E-state index contributed by atoms with van der Waals surface area (Å²) >= 11 is 0. The molecule has 10 heteroatoms. The maximum Gasteiger partial charge on any atom is 0.167 e. The molecule has 3 saturated heterocycles. The minimum atomic E-state index is -1.06. The summed E-state index contributed by atoms with van der Waals surface area (Å²) in [5.41, 5.74) is 6.95. The number of nitrogens with zero attached hydrogens (tertiary/aromatic N) is 5. The Labute approximate surface area is 150 Å². The number of aromatic nitrogens is 4. The van der Waals surface area contributed by atoms with Gasteiger partial charge in [-0.1, -0.05) is 0 Å². The second-order valence-corrected chi connectivity index (χ2v) is 7.48. The van der Waals surface area contributed by atoms with Gasteiger partial charge in [-0.2, -0.15) is 0 Å². The summed E-state index contributed by atoms with van der Waals surface area (Å²) < 4.78 is 7.66. The van der Waals surface area contributed by atoms with Gasteiger partial charge in [-0.15, -0.1) is 0 Å². The molecule has 0 aliphatic carbocycles. The van der Waals surface area contributed by atoms with Gasteiger partial charge in [0.15, 0.2) is 17.7 Å². The minimum absolute atomic E-state index is 0.190. The van der Waals surface area contributed by atoms with Gasteiger partial charge in [0, 0.05) is 25.2 Å². The number of nitrogens with one attached hydrogen (secondary N) is 1. The van der Waals surface area contributed by atoms with E-state index in [-0.39, 0.29) is 11.4 Å². The molecule has 2 aromatic rings. The van der Waals surface area contributed by atoms with E-state index in [1.54, 1.807) is 4.57 Å². The highest BCUT2D eigenvalue weighted by molar-refractivity contribution is 5.81. The van der Waals surface area contributed by atoms with Crippen molar-refractivity contribution in [3.05, 3.63) is 12.7 Å². The summed E-state index contributed by atoms with van der Waals surface area (Å²) in [7, 11) is 0. The SMILES string of the molecule is Nc1ncnc2c1ncn2[C@@H]1O[C@H](CN2CCC23CCNC3)[C@@H](O)[C@H]1O. The number of hydrogen-bond acceptors (Lipinski definition) is 9. The Morgan fingerprint density at radius 3 is 2.88 bits per heavy atom. The first-order valence-corrected chi connectivity index (χ1v) is 8.99. The highest BCUT2D eigenvalue weighted by atomic mass is 16.6. The molecule has 10 nitrogen and oxygen atoms in total. The molecular formula is C16H23N7O3. The number of rotatable bonds is 3. The summed E-state index contributed by atoms with van der Waals surface area (Å²) in [5.74, 6) is 0.273. The van der Waals surface area contributed by atoms with E-state index >= 15 is 0 Å². The third kappa shape index (κ3) is 2.26. The van der Waals surface area contributed by atoms with Gasteiger partial charge in [-0.3, -0.25) is 9.47 Å². The first kappa shape index (κ1) is 16.3. The maximum absolute atomic E-state index is 10.6. The van der Waals surface area contributed by atoms with Gasteiger partial charge < -0.3 is 26.0 Å². The van der Waals surface area contributed by atoms with Crippen molar-refractivity contribution in [2.24, 2.45) is 0 Å². The van der Waals surface area contributed by atoms with Crippen molar-refractivity contribution in [1.82, 2.24) is 29.7 Å². The topological polar surface area (TPSA) is 135 Å². The zero-order valence-corrected chi connectivity index (χ0v) is 14.3. The molecular weight excluding hydrogens is 338 g/mol. The number of nitrogen functional groups attached to an aromatic ring is 1. The molecule has 3 aliphatic rings. The summed E-state index contributed by atoms with van der Waals surface area (Å²) in [5, 5.41) is 24.5. The normalized spacial score (nSPS) is 37.6. The van der Waals surface area contributed by atoms with Gasteiger partial charge in [-0.05, 0) is 19.4 Å². The maximum atomic E-state index is 10.6. The molecule has 0 radical (unpaired) electrons. The number of nitrogens with two attached hydrogens (primary N) is 1. The molecule has 2 aromatic heterocycles. The van der Waals surface area contributed by atoms with Gasteiger partial charge >= 0.3 is 0 Å². The summed E-state index contributed by atoms with van der Waals surface area (Å²) in [6.45, 7) is 3.59. The average molecular weight is 361 g/mol. The van der Waals surface area contributed by atoms with E-state index in [1.165, 1.54) is 12.7 Å². The molecule has 140 valence electrons. The Balaban J connectivity index is 1.37. The minimum Gasteiger partial charge on any atom is -0.387 e. The molecule has 1 spiro atoms. The van der Waals surface area contributed by atoms with E-state index in [9.17, 15) is 10.2 Å². The standard InChI is InChI=1S/C16H23N7O3/c17-13-10-14(20-7-19-13)23(8-21-10)15-12(25)11(24)9(26-15)5-22-4-2-16(22)1-3-18-6-16/h7-9,11-12,15,18,24-25H,1-6H2,(H2,17,19,20)/t9-,11-,12-,15-,16?/m1/s1. The van der Waals surface area contributed by atoms with Gasteiger partial charge in [0.25, 0.3) is 0 Å². The highest BCUT2D eigenvalue weighted by Crippen LogP contribution is 2.39. The summed E-state index contributed by atoms with van der Waals surface area (Å²) in [6, 6.07) is 0. The summed E-state index contributed by atoms with van der Waals surface area (Å²) in [6.07, 6.45) is 1.89. The molecule has 26 heavy (non-hydrogen) atoms. The van der Waals surface area contributed by atoms with Crippen LogP contribution in [-0.2, 0) is 4.74 Å². The van der Waals surface area contributed by atoms with E-state index in [0.29, 0.717) is 17.7 Å². The van der Waals surface area contributed by atoms with Gasteiger partial charge in [0.05, 0.1) is 6.33 Å². The predicted octanol–water partition coefficient (Wildman–Crippen LogP) is -1.53. The number of fused-ring (bicyclic) bond motifs is 1. The lowest BCUT2D eigenvalue weighted by molar-refractivity contribution is -0.0815. The number of imidazole rings is 1. The van der Waals surface area contributed by atoms with E-state index < -0.39 is 24.5 Å². The second kappa shape index (κ2) is 5.83. The van der Waals surface area contributed by atoms with Crippen molar-refractivity contribution < 1.29 is 14.9 Å². The van der Waals surface area contributed by atoms with Crippen molar-refractivity contribution in [3.63, 3.8) is 0 Å². The van der Waals surface area contributed by atoms with Crippen molar-refractivity contribution in [1.29, 1.82) is 0 Å². The first-order chi connectivity index (χ1) is 12.6. The van der Waals surface area contributed by atoms with Crippen LogP contribution in [0, 0.1) is 0 Å². The lowest BCUT2D eigenvalue weighted by atomic mass is 9.83. The average Bonchev–Trinajstić information content (AvgIpc) is 3.34. The van der Waals surface area contributed by atoms with Crippen LogP contribution in [0.3, 0.4) is 0 Å². The fraction of sp³-hybridized carbons (Fsp3) is 0.688. The van der Waals surface area contributed by atoms with Crippen LogP contribution in [-0.4, -0.2) is 84.7 Å². The van der Waals surface area contributed by atoms with Gasteiger partial charge in [0.1, 0.15) is 30.2 Å². The first-order valence-electron chi connectivity index (χ1n) is 8.99. The number of aliphatic hydroxyl groups is 2. The van der Waals surface area contributed by atoms with Crippen molar-refractivity contribution in [2.45, 2.75) is 42.9 Å². The molecule has 5 N–H and O–H groups in total. The smallest absolute Gasteiger partial charge is 0.167 e. The van der Waals surface area contributed by atoms with E-state index in [2.05, 4.69) is 25.2 Å². The number of hydrogen-bond donors (Lipinski definition) is 4. The molecule has 5 atom stereocenters. The number of likely N-dealkylation sites (tertiary alicyclic amines) is 1. The predicted molar refractivity (Wildman–Crippen MR) is 92.1 cm³/mol. The van der Waals surface area contributed by atoms with Crippen molar-refractivity contribution >= 4 is 17.0 Å². The highest BCUT2D eigenvalue weighted by Gasteiger charge is 2.51. The fourth-order valence-corrected chi connectivity index (χ4v) is 4.47. The van der Waals surface area contributed by atoms with Crippen molar-refractivity contribution in [3.8, 4) is 0 Å². The zero-order chi connectivity index (χ0) is 17.9. The van der Waals surface area contributed by atoms with E-state index in [4.69, 9.17) is 10.5 Å². The molecule has 1 unspecified atom stereocenters. The van der Waals surface area contributed by atoms with Crippen LogP contribution in [0.25, 0.3) is 11.2 Å². The quantitative estimate of drug-likeness (QED) is 0.513. The van der Waals surface area contributed by atoms with Crippen LogP contribution < -0.4 is 11.1 Å². The summed E-state index contributed by atoms with van der Waals surface area (Å²) in [4.78, 5) is 14.7. The monoisotopic (exact) mass is 361 g/mol. The van der Waals surface area contributed by atoms with Crippen LogP contribution in [0.4, 0.5) is 5.82 Å². The van der Waals surface area contributed by atoms with Crippen molar-refractivity contribution in [2.75, 3.05) is 31.9 Å². The third-order valence-electron chi connectivity index (χ3n) is 6.14. The largest absolute Gasteiger partial charge is 0.387 e. The molecule has 3 fully saturated rings. The molecule has 3 aliphatic heterocycles. The number of anilines is 1. The Morgan fingerprint density at radius 2 is 2.15 bits per heavy atom. The lowest BCUT2D eigenvalue weighted by Crippen LogP contribution is -2.63. The van der Waals surface area contributed by atoms with Crippen LogP contribution in [0.1, 0.15) is 19.1 Å². The second-order valence-electron chi connectivity index (χ2n) is 7.48. The number of ether oxygens (including phenoxy) is 1. The van der Waals surface area contributed by atoms with E-state index in [1.807, 2.05) is 0 Å². The van der Waals surface area contributed by atoms with Crippen LogP contribution in [0.15, 0.2) is 12.7 Å². The van der Waals surface area contributed by atoms with Gasteiger partial charge in [0.2, 0.25) is 0 Å². The fourth-order valence-electron chi connectivity index (χ4n) is 4.47. The molecule has 0 saturated carbocycles. The van der Waals surface area contributed by atoms with E-state index in [0.717, 1.165) is 32.5 Å². The number of aliphatic hydroxyl groups excluding tert-OH is 2. The third-order valence-corrected chi connectivity index (χ3v) is 6.14. The Bertz CT molecular complexity index is 821. The Kier molecular flexibility index (Phi) is 3.66. The lowest BCUT2D eigenvalue weighted by Gasteiger charge is -2.51. The zero-order valence-electron chi connectivity index (χ0n) is 14.3. The van der Waals surface area contributed by atoms with Crippen LogP contribution >= 0.6 is 0 Å².